The fourth-order valence-electron chi connectivity index (χ4n) is 4.01. The van der Waals surface area contributed by atoms with Crippen LogP contribution in [0.4, 0.5) is 0 Å². The van der Waals surface area contributed by atoms with E-state index in [9.17, 15) is 0 Å². The summed E-state index contributed by atoms with van der Waals surface area (Å²) in [4.78, 5) is 0. The first-order valence-electron chi connectivity index (χ1n) is 13.4. The molecular weight excluding hydrogens is 432 g/mol. The summed E-state index contributed by atoms with van der Waals surface area (Å²) in [6.45, 7) is 6.08. The highest BCUT2D eigenvalue weighted by atomic mass is 32.1. The summed E-state index contributed by atoms with van der Waals surface area (Å²) in [5.74, 6) is 3.20. The molecule has 0 atom stereocenters. The van der Waals surface area contributed by atoms with Crippen molar-refractivity contribution in [2.24, 2.45) is 0 Å². The highest BCUT2D eigenvalue weighted by Crippen LogP contribution is 2.32. The number of benzene rings is 1. The lowest BCUT2D eigenvalue weighted by Gasteiger charge is -2.16. The van der Waals surface area contributed by atoms with E-state index >= 15 is 0 Å². The molecule has 0 aliphatic heterocycles. The average Bonchev–Trinajstić information content (AvgIpc) is 2.81. The largest absolute Gasteiger partial charge is 0.493 e. The van der Waals surface area contributed by atoms with Crippen LogP contribution in [0.5, 0.6) is 11.5 Å². The van der Waals surface area contributed by atoms with E-state index in [1.165, 1.54) is 89.9 Å². The quantitative estimate of drug-likeness (QED) is 0.127. The summed E-state index contributed by atoms with van der Waals surface area (Å²) in [7, 11) is 0. The van der Waals surface area contributed by atoms with E-state index in [1.807, 2.05) is 0 Å². The van der Waals surface area contributed by atoms with Crippen LogP contribution >= 0.6 is 25.3 Å². The zero-order valence-corrected chi connectivity index (χ0v) is 22.8. The molecule has 0 aliphatic rings. The second kappa shape index (κ2) is 21.1. The predicted molar refractivity (Wildman–Crippen MR) is 148 cm³/mol. The fourth-order valence-corrected chi connectivity index (χ4v) is 4.50. The Morgan fingerprint density at radius 2 is 0.844 bits per heavy atom. The van der Waals surface area contributed by atoms with Crippen molar-refractivity contribution in [2.75, 3.05) is 13.2 Å². The Balaban J connectivity index is 2.36. The molecule has 0 heterocycles. The van der Waals surface area contributed by atoms with Crippen LogP contribution in [0, 0.1) is 0 Å². The summed E-state index contributed by atoms with van der Waals surface area (Å²) >= 11 is 9.03. The average molecular weight is 483 g/mol. The molecule has 32 heavy (non-hydrogen) atoms. The predicted octanol–water partition coefficient (Wildman–Crippen LogP) is 9.59. The van der Waals surface area contributed by atoms with Crippen molar-refractivity contribution in [2.45, 2.75) is 128 Å². The van der Waals surface area contributed by atoms with Crippen LogP contribution in [0.2, 0.25) is 0 Å². The van der Waals surface area contributed by atoms with Crippen LogP contribution < -0.4 is 9.47 Å². The molecule has 0 N–H and O–H groups in total. The van der Waals surface area contributed by atoms with Crippen LogP contribution in [-0.2, 0) is 11.5 Å². The first kappa shape index (κ1) is 29.6. The molecule has 0 radical (unpaired) electrons. The Morgan fingerprint density at radius 1 is 0.500 bits per heavy atom. The van der Waals surface area contributed by atoms with Gasteiger partial charge in [-0.15, -0.1) is 0 Å². The van der Waals surface area contributed by atoms with Gasteiger partial charge in [0.2, 0.25) is 0 Å². The minimum Gasteiger partial charge on any atom is -0.493 e. The van der Waals surface area contributed by atoms with E-state index in [2.05, 4.69) is 51.2 Å². The van der Waals surface area contributed by atoms with Crippen LogP contribution in [0.1, 0.15) is 128 Å². The van der Waals surface area contributed by atoms with Crippen molar-refractivity contribution in [1.29, 1.82) is 0 Å². The first-order chi connectivity index (χ1) is 15.8. The molecule has 186 valence electrons. The molecular formula is C28H50O2S2. The maximum absolute atomic E-state index is 6.15. The Labute approximate surface area is 210 Å². The smallest absolute Gasteiger partial charge is 0.127 e. The lowest BCUT2D eigenvalue weighted by molar-refractivity contribution is 0.287. The van der Waals surface area contributed by atoms with Gasteiger partial charge in [-0.1, -0.05) is 104 Å². The molecule has 0 amide bonds. The third-order valence-electron chi connectivity index (χ3n) is 6.10. The van der Waals surface area contributed by atoms with Gasteiger partial charge in [-0.25, -0.2) is 0 Å². The van der Waals surface area contributed by atoms with Gasteiger partial charge in [0, 0.05) is 28.7 Å². The number of thiol groups is 2. The minimum absolute atomic E-state index is 0.672. The first-order valence-corrected chi connectivity index (χ1v) is 14.7. The monoisotopic (exact) mass is 482 g/mol. The van der Waals surface area contributed by atoms with E-state index in [1.54, 1.807) is 0 Å². The highest BCUT2D eigenvalue weighted by molar-refractivity contribution is 7.79. The van der Waals surface area contributed by atoms with Gasteiger partial charge in [0.1, 0.15) is 11.5 Å². The van der Waals surface area contributed by atoms with Crippen molar-refractivity contribution in [3.8, 4) is 11.5 Å². The SMILES string of the molecule is CCCCCCCCCCOc1cc(OCCCCCCCCCC)c(CS)cc1CS. The second-order valence-corrected chi connectivity index (χ2v) is 9.66. The van der Waals surface area contributed by atoms with E-state index < -0.39 is 0 Å². The molecule has 0 unspecified atom stereocenters. The molecule has 1 aromatic rings. The van der Waals surface area contributed by atoms with Crippen LogP contribution in [0.3, 0.4) is 0 Å². The van der Waals surface area contributed by atoms with Gasteiger partial charge in [-0.3, -0.25) is 0 Å². The summed E-state index contributed by atoms with van der Waals surface area (Å²) < 4.78 is 12.3. The molecule has 0 spiro atoms. The Hall–Kier alpha value is -0.480. The number of ether oxygens (including phenoxy) is 2. The zero-order chi connectivity index (χ0) is 23.3. The van der Waals surface area contributed by atoms with Crippen LogP contribution in [0.15, 0.2) is 12.1 Å². The molecule has 4 heteroatoms. The molecule has 1 aromatic carbocycles. The normalized spacial score (nSPS) is 11.1. The Kier molecular flexibility index (Phi) is 19.5. The van der Waals surface area contributed by atoms with Gasteiger partial charge in [-0.05, 0) is 18.9 Å². The summed E-state index contributed by atoms with van der Waals surface area (Å²) in [6.07, 6.45) is 21.0. The van der Waals surface area contributed by atoms with Gasteiger partial charge in [0.25, 0.3) is 0 Å². The van der Waals surface area contributed by atoms with Crippen molar-refractivity contribution in [3.63, 3.8) is 0 Å². The molecule has 0 aliphatic carbocycles. The zero-order valence-electron chi connectivity index (χ0n) is 21.0. The van der Waals surface area contributed by atoms with Crippen molar-refractivity contribution in [3.05, 3.63) is 23.3 Å². The maximum atomic E-state index is 6.15. The van der Waals surface area contributed by atoms with E-state index in [0.29, 0.717) is 11.5 Å². The number of rotatable bonds is 22. The molecule has 2 nitrogen and oxygen atoms in total. The van der Waals surface area contributed by atoms with Gasteiger partial charge in [0.05, 0.1) is 13.2 Å². The minimum atomic E-state index is 0.672. The molecule has 0 fully saturated rings. The van der Waals surface area contributed by atoms with Gasteiger partial charge < -0.3 is 9.47 Å². The second-order valence-electron chi connectivity index (χ2n) is 9.03. The van der Waals surface area contributed by atoms with Crippen molar-refractivity contribution >= 4 is 25.3 Å². The summed E-state index contributed by atoms with van der Waals surface area (Å²) in [5.41, 5.74) is 2.27. The number of unbranched alkanes of at least 4 members (excludes halogenated alkanes) is 14. The fraction of sp³-hybridized carbons (Fsp3) is 0.786. The van der Waals surface area contributed by atoms with Gasteiger partial charge in [0.15, 0.2) is 0 Å². The topological polar surface area (TPSA) is 18.5 Å². The molecule has 1 rings (SSSR count). The maximum Gasteiger partial charge on any atom is 0.127 e. The third kappa shape index (κ3) is 13.9. The van der Waals surface area contributed by atoms with Crippen LogP contribution in [-0.4, -0.2) is 13.2 Å². The van der Waals surface area contributed by atoms with E-state index in [-0.39, 0.29) is 0 Å². The number of hydrogen-bond donors (Lipinski definition) is 2. The standard InChI is InChI=1S/C28H50O2S2/c1-3-5-7-9-11-13-15-17-19-29-27-22-28(26(24-32)21-25(27)23-31)30-20-18-16-14-12-10-8-6-4-2/h21-22,31-32H,3-20,23-24H2,1-2H3. The Morgan fingerprint density at radius 3 is 1.19 bits per heavy atom. The van der Waals surface area contributed by atoms with Gasteiger partial charge >= 0.3 is 0 Å². The molecule has 0 aromatic heterocycles. The highest BCUT2D eigenvalue weighted by Gasteiger charge is 2.11. The van der Waals surface area contributed by atoms with Crippen molar-refractivity contribution < 1.29 is 9.47 Å². The van der Waals surface area contributed by atoms with Crippen LogP contribution in [0.25, 0.3) is 0 Å². The van der Waals surface area contributed by atoms with E-state index in [0.717, 1.165) is 48.7 Å². The summed E-state index contributed by atoms with van der Waals surface area (Å²) in [5, 5.41) is 0. The third-order valence-corrected chi connectivity index (χ3v) is 6.78. The van der Waals surface area contributed by atoms with E-state index in [4.69, 9.17) is 9.47 Å². The van der Waals surface area contributed by atoms with Gasteiger partial charge in [-0.2, -0.15) is 25.3 Å². The molecule has 0 bridgehead atoms. The lowest BCUT2D eigenvalue weighted by Crippen LogP contribution is -2.04. The lowest BCUT2D eigenvalue weighted by atomic mass is 10.1. The number of hydrogen-bond acceptors (Lipinski definition) is 4. The Bertz CT molecular complexity index is 517. The molecule has 0 saturated heterocycles. The van der Waals surface area contributed by atoms with Crippen molar-refractivity contribution in [1.82, 2.24) is 0 Å². The summed E-state index contributed by atoms with van der Waals surface area (Å²) in [6, 6.07) is 4.23. The molecule has 0 saturated carbocycles.